The highest BCUT2D eigenvalue weighted by Gasteiger charge is 2.33. The maximum atomic E-state index is 11.9. The molecule has 0 amide bonds. The van der Waals surface area contributed by atoms with Gasteiger partial charge in [-0.25, -0.2) is 14.4 Å². The molecular weight excluding hydrogens is 340 g/mol. The van der Waals surface area contributed by atoms with Gasteiger partial charge in [-0.1, -0.05) is 0 Å². The summed E-state index contributed by atoms with van der Waals surface area (Å²) in [5, 5.41) is 0. The van der Waals surface area contributed by atoms with E-state index < -0.39 is 61.0 Å². The highest BCUT2D eigenvalue weighted by atomic mass is 16.6. The van der Waals surface area contributed by atoms with Crippen LogP contribution in [0, 0.1) is 5.41 Å². The Labute approximate surface area is 144 Å². The summed E-state index contributed by atoms with van der Waals surface area (Å²) in [5.74, 6) is -4.52. The van der Waals surface area contributed by atoms with Crippen LogP contribution in [-0.4, -0.2) is 63.4 Å². The van der Waals surface area contributed by atoms with Crippen LogP contribution in [0.1, 0.15) is 27.2 Å². The van der Waals surface area contributed by atoms with E-state index in [1.165, 1.54) is 0 Å². The van der Waals surface area contributed by atoms with Gasteiger partial charge in [-0.2, -0.15) is 0 Å². The zero-order valence-corrected chi connectivity index (χ0v) is 14.8. The summed E-state index contributed by atoms with van der Waals surface area (Å²) in [6.07, 6.45) is -2.33. The zero-order valence-electron chi connectivity index (χ0n) is 14.8. The SMILES string of the molecule is COC(=O)COC(=O)CC(OC(=O)C(C)(C)C)C(=O)OCC(=O)OC. The summed E-state index contributed by atoms with van der Waals surface area (Å²) < 4.78 is 22.8. The van der Waals surface area contributed by atoms with Crippen LogP contribution in [-0.2, 0) is 47.7 Å². The molecule has 0 aliphatic rings. The second kappa shape index (κ2) is 10.3. The Balaban J connectivity index is 4.90. The molecule has 0 N–H and O–H groups in total. The minimum absolute atomic E-state index is 0.660. The third-order valence-electron chi connectivity index (χ3n) is 2.62. The Morgan fingerprint density at radius 2 is 1.28 bits per heavy atom. The van der Waals surface area contributed by atoms with Crippen molar-refractivity contribution >= 4 is 29.8 Å². The smallest absolute Gasteiger partial charge is 0.348 e. The van der Waals surface area contributed by atoms with Crippen LogP contribution in [0.3, 0.4) is 0 Å². The van der Waals surface area contributed by atoms with Gasteiger partial charge in [0.2, 0.25) is 6.10 Å². The number of hydrogen-bond donors (Lipinski definition) is 0. The van der Waals surface area contributed by atoms with Gasteiger partial charge in [0.05, 0.1) is 26.1 Å². The molecule has 0 heterocycles. The maximum absolute atomic E-state index is 11.9. The Morgan fingerprint density at radius 1 is 0.800 bits per heavy atom. The normalized spacial score (nSPS) is 11.7. The van der Waals surface area contributed by atoms with Crippen LogP contribution in [0.2, 0.25) is 0 Å². The number of hydrogen-bond acceptors (Lipinski definition) is 10. The van der Waals surface area contributed by atoms with Crippen LogP contribution in [0.15, 0.2) is 0 Å². The number of rotatable bonds is 8. The molecule has 10 heteroatoms. The van der Waals surface area contributed by atoms with E-state index in [-0.39, 0.29) is 0 Å². The van der Waals surface area contributed by atoms with Crippen molar-refractivity contribution < 1.29 is 47.7 Å². The highest BCUT2D eigenvalue weighted by molar-refractivity contribution is 5.87. The summed E-state index contributed by atoms with van der Waals surface area (Å²) in [6.45, 7) is 3.26. The van der Waals surface area contributed by atoms with Gasteiger partial charge >= 0.3 is 29.8 Å². The Morgan fingerprint density at radius 3 is 1.72 bits per heavy atom. The van der Waals surface area contributed by atoms with Crippen LogP contribution >= 0.6 is 0 Å². The second-order valence-corrected chi connectivity index (χ2v) is 5.77. The third-order valence-corrected chi connectivity index (χ3v) is 2.62. The van der Waals surface area contributed by atoms with Crippen molar-refractivity contribution in [2.24, 2.45) is 5.41 Å². The first kappa shape index (κ1) is 22.4. The van der Waals surface area contributed by atoms with Crippen molar-refractivity contribution in [1.29, 1.82) is 0 Å². The van der Waals surface area contributed by atoms with Crippen molar-refractivity contribution in [2.45, 2.75) is 33.3 Å². The standard InChI is InChI=1S/C15H22O10/c1-15(2,3)14(20)25-9(13(19)24-8-12(18)22-5)6-10(16)23-7-11(17)21-4/h9H,6-8H2,1-5H3. The molecule has 0 fully saturated rings. The van der Waals surface area contributed by atoms with E-state index in [1.807, 2.05) is 0 Å². The van der Waals surface area contributed by atoms with E-state index in [0.717, 1.165) is 14.2 Å². The van der Waals surface area contributed by atoms with Gasteiger partial charge in [-0.15, -0.1) is 0 Å². The van der Waals surface area contributed by atoms with Crippen LogP contribution in [0.4, 0.5) is 0 Å². The minimum Gasteiger partial charge on any atom is -0.466 e. The molecule has 0 aromatic heterocycles. The fraction of sp³-hybridized carbons (Fsp3) is 0.667. The van der Waals surface area contributed by atoms with Gasteiger partial charge in [0.1, 0.15) is 0 Å². The van der Waals surface area contributed by atoms with Crippen LogP contribution in [0.25, 0.3) is 0 Å². The van der Waals surface area contributed by atoms with Crippen molar-refractivity contribution in [1.82, 2.24) is 0 Å². The molecule has 0 aromatic carbocycles. The molecule has 0 aliphatic heterocycles. The van der Waals surface area contributed by atoms with Gasteiger partial charge in [-0.3, -0.25) is 9.59 Å². The fourth-order valence-electron chi connectivity index (χ4n) is 1.17. The van der Waals surface area contributed by atoms with E-state index >= 15 is 0 Å². The number of methoxy groups -OCH3 is 2. The molecule has 0 radical (unpaired) electrons. The van der Waals surface area contributed by atoms with Crippen LogP contribution < -0.4 is 0 Å². The average molecular weight is 362 g/mol. The summed E-state index contributed by atoms with van der Waals surface area (Å²) in [6, 6.07) is 0. The molecule has 0 spiro atoms. The summed E-state index contributed by atoms with van der Waals surface area (Å²) in [7, 11) is 2.20. The quantitative estimate of drug-likeness (QED) is 0.421. The first-order chi connectivity index (χ1) is 11.5. The lowest BCUT2D eigenvalue weighted by Gasteiger charge is -2.21. The molecule has 0 saturated carbocycles. The number of carbonyl (C=O) groups excluding carboxylic acids is 5. The second-order valence-electron chi connectivity index (χ2n) is 5.77. The molecule has 142 valence electrons. The zero-order chi connectivity index (χ0) is 19.6. The van der Waals surface area contributed by atoms with Gasteiger partial charge in [-0.05, 0) is 20.8 Å². The average Bonchev–Trinajstić information content (AvgIpc) is 2.55. The summed E-state index contributed by atoms with van der Waals surface area (Å²) in [5.41, 5.74) is -0.948. The van der Waals surface area contributed by atoms with Crippen molar-refractivity contribution in [3.05, 3.63) is 0 Å². The molecular formula is C15H22O10. The van der Waals surface area contributed by atoms with E-state index in [4.69, 9.17) is 4.74 Å². The molecule has 0 saturated heterocycles. The Kier molecular flexibility index (Phi) is 9.18. The van der Waals surface area contributed by atoms with E-state index in [9.17, 15) is 24.0 Å². The lowest BCUT2D eigenvalue weighted by Crippen LogP contribution is -2.37. The van der Waals surface area contributed by atoms with E-state index in [0.29, 0.717) is 0 Å². The molecule has 1 atom stereocenters. The molecule has 25 heavy (non-hydrogen) atoms. The third kappa shape index (κ3) is 9.28. The maximum Gasteiger partial charge on any atom is 0.348 e. The largest absolute Gasteiger partial charge is 0.466 e. The minimum atomic E-state index is -1.64. The predicted molar refractivity (Wildman–Crippen MR) is 79.9 cm³/mol. The van der Waals surface area contributed by atoms with Crippen molar-refractivity contribution in [3.8, 4) is 0 Å². The topological polar surface area (TPSA) is 132 Å². The Bertz CT molecular complexity index is 517. The lowest BCUT2D eigenvalue weighted by atomic mass is 9.97. The monoisotopic (exact) mass is 362 g/mol. The molecule has 0 aliphatic carbocycles. The molecule has 1 unspecified atom stereocenters. The Hall–Kier alpha value is -2.65. The predicted octanol–water partition coefficient (Wildman–Crippen LogP) is -0.233. The summed E-state index contributed by atoms with van der Waals surface area (Å²) >= 11 is 0. The number of esters is 5. The summed E-state index contributed by atoms with van der Waals surface area (Å²) in [4.78, 5) is 57.5. The lowest BCUT2D eigenvalue weighted by molar-refractivity contribution is -0.178. The fourth-order valence-corrected chi connectivity index (χ4v) is 1.17. The van der Waals surface area contributed by atoms with Crippen molar-refractivity contribution in [3.63, 3.8) is 0 Å². The van der Waals surface area contributed by atoms with Gasteiger partial charge in [0.15, 0.2) is 13.2 Å². The highest BCUT2D eigenvalue weighted by Crippen LogP contribution is 2.18. The molecule has 0 rings (SSSR count). The molecule has 0 bridgehead atoms. The molecule has 10 nitrogen and oxygen atoms in total. The molecule has 0 aromatic rings. The van der Waals surface area contributed by atoms with Gasteiger partial charge in [0.25, 0.3) is 0 Å². The van der Waals surface area contributed by atoms with E-state index in [1.54, 1.807) is 20.8 Å². The van der Waals surface area contributed by atoms with Crippen molar-refractivity contribution in [2.75, 3.05) is 27.4 Å². The number of carbonyl (C=O) groups is 5. The first-order valence-corrected chi connectivity index (χ1v) is 7.18. The first-order valence-electron chi connectivity index (χ1n) is 7.18. The van der Waals surface area contributed by atoms with Gasteiger partial charge < -0.3 is 23.7 Å². The van der Waals surface area contributed by atoms with E-state index in [2.05, 4.69) is 18.9 Å². The number of ether oxygens (including phenoxy) is 5. The van der Waals surface area contributed by atoms with Gasteiger partial charge in [0, 0.05) is 0 Å². The van der Waals surface area contributed by atoms with Crippen LogP contribution in [0.5, 0.6) is 0 Å².